The van der Waals surface area contributed by atoms with Crippen molar-refractivity contribution in [2.24, 2.45) is 0 Å². The molecule has 7 heteroatoms. The van der Waals surface area contributed by atoms with E-state index < -0.39 is 18.1 Å². The number of hydrogen-bond donors (Lipinski definition) is 1. The van der Waals surface area contributed by atoms with Crippen LogP contribution in [-0.4, -0.2) is 45.0 Å². The van der Waals surface area contributed by atoms with Gasteiger partial charge in [-0.25, -0.2) is 9.59 Å². The fraction of sp³-hybridized carbons (Fsp3) is 0.400. The lowest BCUT2D eigenvalue weighted by Crippen LogP contribution is -2.40. The van der Waals surface area contributed by atoms with Crippen molar-refractivity contribution in [3.8, 4) is 0 Å². The molecular weight excluding hydrogens is 306 g/mol. The zero-order chi connectivity index (χ0) is 16.1. The number of hydrogen-bond acceptors (Lipinski definition) is 5. The Hall–Kier alpha value is -2.02. The third-order valence-corrected chi connectivity index (χ3v) is 4.33. The van der Waals surface area contributed by atoms with E-state index in [1.165, 1.54) is 11.8 Å². The maximum atomic E-state index is 12.1. The van der Waals surface area contributed by atoms with E-state index in [1.54, 1.807) is 0 Å². The molecule has 0 spiro atoms. The van der Waals surface area contributed by atoms with Crippen molar-refractivity contribution in [1.82, 2.24) is 4.90 Å². The van der Waals surface area contributed by atoms with E-state index in [1.807, 2.05) is 30.3 Å². The molecule has 1 saturated heterocycles. The summed E-state index contributed by atoms with van der Waals surface area (Å²) in [5, 5.41) is 8.93. The van der Waals surface area contributed by atoms with Crippen molar-refractivity contribution >= 4 is 28.9 Å². The van der Waals surface area contributed by atoms with Crippen molar-refractivity contribution in [3.63, 3.8) is 0 Å². The number of aliphatic carboxylic acids is 1. The topological polar surface area (TPSA) is 83.9 Å². The number of carboxylic acid groups (broad SMARTS) is 1. The first-order valence-electron chi connectivity index (χ1n) is 6.84. The first kappa shape index (κ1) is 16.4. The van der Waals surface area contributed by atoms with E-state index >= 15 is 0 Å². The summed E-state index contributed by atoms with van der Waals surface area (Å²) in [6, 6.07) is 8.22. The van der Waals surface area contributed by atoms with Gasteiger partial charge in [0.2, 0.25) is 0 Å². The molecule has 1 aromatic carbocycles. The van der Waals surface area contributed by atoms with Gasteiger partial charge in [-0.2, -0.15) is 0 Å². The van der Waals surface area contributed by atoms with Gasteiger partial charge in [-0.1, -0.05) is 42.1 Å². The lowest BCUT2D eigenvalue weighted by Gasteiger charge is -2.20. The number of carbonyl (C=O) groups is 3. The summed E-state index contributed by atoms with van der Waals surface area (Å²) in [6.45, 7) is 1.72. The van der Waals surface area contributed by atoms with Crippen LogP contribution in [0.2, 0.25) is 0 Å². The lowest BCUT2D eigenvalue weighted by molar-refractivity contribution is -0.141. The molecule has 0 aliphatic carbocycles. The van der Waals surface area contributed by atoms with E-state index in [-0.39, 0.29) is 29.9 Å². The van der Waals surface area contributed by atoms with Crippen LogP contribution in [0, 0.1) is 0 Å². The molecule has 1 N–H and O–H groups in total. The third-order valence-electron chi connectivity index (χ3n) is 3.32. The average Bonchev–Trinajstić information content (AvgIpc) is 2.89. The molecule has 1 heterocycles. The van der Waals surface area contributed by atoms with Gasteiger partial charge in [-0.15, -0.1) is 0 Å². The van der Waals surface area contributed by atoms with Crippen LogP contribution in [0.5, 0.6) is 0 Å². The van der Waals surface area contributed by atoms with Crippen molar-refractivity contribution in [2.75, 3.05) is 6.54 Å². The van der Waals surface area contributed by atoms with Crippen LogP contribution in [0.1, 0.15) is 18.9 Å². The van der Waals surface area contributed by atoms with E-state index in [2.05, 4.69) is 0 Å². The van der Waals surface area contributed by atoms with Gasteiger partial charge in [0, 0.05) is 18.7 Å². The SMILES string of the molecule is CC(=O)S[C@@H]1C[C@@H](C(=O)O)N(C(=O)OCc2ccccc2)C1. The second-order valence-electron chi connectivity index (χ2n) is 5.01. The molecule has 0 saturated carbocycles. The summed E-state index contributed by atoms with van der Waals surface area (Å²) >= 11 is 1.07. The predicted octanol–water partition coefficient (Wildman–Crippen LogP) is 2.13. The van der Waals surface area contributed by atoms with Gasteiger partial charge < -0.3 is 9.84 Å². The number of nitrogens with zero attached hydrogens (tertiary/aromatic N) is 1. The van der Waals surface area contributed by atoms with Crippen molar-refractivity contribution in [2.45, 2.75) is 31.2 Å². The Bertz CT molecular complexity index is 562. The van der Waals surface area contributed by atoms with Crippen LogP contribution in [0.3, 0.4) is 0 Å². The fourth-order valence-corrected chi connectivity index (χ4v) is 3.34. The van der Waals surface area contributed by atoms with E-state index in [0.29, 0.717) is 0 Å². The maximum absolute atomic E-state index is 12.1. The smallest absolute Gasteiger partial charge is 0.410 e. The molecule has 0 unspecified atom stereocenters. The highest BCUT2D eigenvalue weighted by atomic mass is 32.2. The highest BCUT2D eigenvalue weighted by molar-refractivity contribution is 8.14. The first-order valence-corrected chi connectivity index (χ1v) is 7.72. The number of amides is 1. The van der Waals surface area contributed by atoms with Gasteiger partial charge in [0.15, 0.2) is 5.12 Å². The minimum atomic E-state index is -1.08. The standard InChI is InChI=1S/C15H17NO5S/c1-10(17)22-12-7-13(14(18)19)16(8-12)15(20)21-9-11-5-3-2-4-6-11/h2-6,12-13H,7-9H2,1H3,(H,18,19)/t12-,13+/m1/s1. The Morgan fingerprint density at radius 2 is 2.00 bits per heavy atom. The van der Waals surface area contributed by atoms with Crippen LogP contribution in [0.15, 0.2) is 30.3 Å². The minimum absolute atomic E-state index is 0.0892. The lowest BCUT2D eigenvalue weighted by atomic mass is 10.2. The summed E-state index contributed by atoms with van der Waals surface area (Å²) in [4.78, 5) is 35.7. The summed E-state index contributed by atoms with van der Waals surface area (Å²) < 4.78 is 5.18. The average molecular weight is 323 g/mol. The highest BCUT2D eigenvalue weighted by Gasteiger charge is 2.41. The first-order chi connectivity index (χ1) is 10.5. The molecule has 0 radical (unpaired) electrons. The Labute approximate surface area is 132 Å². The van der Waals surface area contributed by atoms with Crippen LogP contribution >= 0.6 is 11.8 Å². The summed E-state index contributed by atoms with van der Waals surface area (Å²) in [6.07, 6.45) is -0.414. The molecule has 2 rings (SSSR count). The zero-order valence-corrected chi connectivity index (χ0v) is 12.9. The predicted molar refractivity (Wildman–Crippen MR) is 81.4 cm³/mol. The van der Waals surface area contributed by atoms with Crippen LogP contribution < -0.4 is 0 Å². The number of ether oxygens (including phenoxy) is 1. The number of likely N-dealkylation sites (tertiary alicyclic amines) is 1. The van der Waals surface area contributed by atoms with Crippen molar-refractivity contribution in [1.29, 1.82) is 0 Å². The van der Waals surface area contributed by atoms with Crippen LogP contribution in [0.4, 0.5) is 4.79 Å². The molecule has 0 bridgehead atoms. The summed E-state index contributed by atoms with van der Waals surface area (Å²) in [5.41, 5.74) is 0.830. The molecule has 1 fully saturated rings. The van der Waals surface area contributed by atoms with E-state index in [4.69, 9.17) is 4.74 Å². The van der Waals surface area contributed by atoms with Gasteiger partial charge in [-0.05, 0) is 12.0 Å². The molecule has 6 nitrogen and oxygen atoms in total. The molecule has 1 aliphatic heterocycles. The number of benzene rings is 1. The van der Waals surface area contributed by atoms with Gasteiger partial charge in [-0.3, -0.25) is 9.69 Å². The van der Waals surface area contributed by atoms with Crippen LogP contribution in [0.25, 0.3) is 0 Å². The van der Waals surface area contributed by atoms with Gasteiger partial charge >= 0.3 is 12.1 Å². The number of thioether (sulfide) groups is 1. The second-order valence-corrected chi connectivity index (χ2v) is 6.49. The largest absolute Gasteiger partial charge is 0.480 e. The number of carboxylic acids is 1. The van der Waals surface area contributed by atoms with Crippen LogP contribution in [-0.2, 0) is 20.9 Å². The van der Waals surface area contributed by atoms with Gasteiger partial charge in [0.05, 0.1) is 0 Å². The molecule has 2 atom stereocenters. The summed E-state index contributed by atoms with van der Waals surface area (Å²) in [7, 11) is 0. The molecule has 22 heavy (non-hydrogen) atoms. The normalized spacial score (nSPS) is 20.7. The molecule has 1 amide bonds. The zero-order valence-electron chi connectivity index (χ0n) is 12.1. The Morgan fingerprint density at radius 1 is 1.32 bits per heavy atom. The quantitative estimate of drug-likeness (QED) is 0.914. The molecule has 0 aromatic heterocycles. The minimum Gasteiger partial charge on any atom is -0.480 e. The molecule has 1 aromatic rings. The highest BCUT2D eigenvalue weighted by Crippen LogP contribution is 2.29. The number of rotatable bonds is 4. The molecule has 118 valence electrons. The molecular formula is C15H17NO5S. The number of carbonyl (C=O) groups excluding carboxylic acids is 2. The Balaban J connectivity index is 1.97. The fourth-order valence-electron chi connectivity index (χ4n) is 2.36. The maximum Gasteiger partial charge on any atom is 0.410 e. The Kier molecular flexibility index (Phi) is 5.43. The third kappa shape index (κ3) is 4.24. The van der Waals surface area contributed by atoms with Gasteiger partial charge in [0.1, 0.15) is 12.6 Å². The van der Waals surface area contributed by atoms with E-state index in [9.17, 15) is 19.5 Å². The van der Waals surface area contributed by atoms with Crippen molar-refractivity contribution in [3.05, 3.63) is 35.9 Å². The Morgan fingerprint density at radius 3 is 2.59 bits per heavy atom. The molecule has 1 aliphatic rings. The van der Waals surface area contributed by atoms with E-state index in [0.717, 1.165) is 17.3 Å². The monoisotopic (exact) mass is 323 g/mol. The second kappa shape index (κ2) is 7.31. The summed E-state index contributed by atoms with van der Waals surface area (Å²) in [5.74, 6) is -1.08. The van der Waals surface area contributed by atoms with Crippen molar-refractivity contribution < 1.29 is 24.2 Å². The van der Waals surface area contributed by atoms with Gasteiger partial charge in [0.25, 0.3) is 0 Å².